The molecule has 0 amide bonds. The summed E-state index contributed by atoms with van der Waals surface area (Å²) in [7, 11) is 3.24. The number of carbonyl (C=O) groups is 1. The van der Waals surface area contributed by atoms with E-state index in [1.165, 1.54) is 0 Å². The molecule has 3 rings (SSSR count). The van der Waals surface area contributed by atoms with Crippen molar-refractivity contribution in [2.45, 2.75) is 52.9 Å². The number of aryl methyl sites for hydroxylation is 1. The third kappa shape index (κ3) is 6.31. The summed E-state index contributed by atoms with van der Waals surface area (Å²) >= 11 is 0. The highest BCUT2D eigenvalue weighted by molar-refractivity contribution is 5.86. The molecule has 0 saturated carbocycles. The number of unbranched alkanes of at least 4 members (excludes halogenated alkanes) is 2. The number of methoxy groups -OCH3 is 2. The summed E-state index contributed by atoms with van der Waals surface area (Å²) in [5, 5.41) is 12.0. The molecule has 1 N–H and O–H groups in total. The van der Waals surface area contributed by atoms with E-state index in [2.05, 4.69) is 29.4 Å². The van der Waals surface area contributed by atoms with E-state index >= 15 is 0 Å². The quantitative estimate of drug-likeness (QED) is 0.359. The van der Waals surface area contributed by atoms with E-state index in [4.69, 9.17) is 19.2 Å². The number of ketones is 1. The first-order valence-corrected chi connectivity index (χ1v) is 11.5. The molecule has 9 nitrogen and oxygen atoms in total. The average Bonchev–Trinajstić information content (AvgIpc) is 3.17. The average molecular weight is 458 g/mol. The van der Waals surface area contributed by atoms with Gasteiger partial charge in [-0.2, -0.15) is 0 Å². The van der Waals surface area contributed by atoms with Gasteiger partial charge in [-0.05, 0) is 25.7 Å². The number of ether oxygens (including phenoxy) is 3. The number of hydrogen-bond donors (Lipinski definition) is 1. The van der Waals surface area contributed by atoms with E-state index in [1.807, 2.05) is 23.5 Å². The maximum absolute atomic E-state index is 11.9. The second-order valence-electron chi connectivity index (χ2n) is 8.57. The number of rotatable bonds is 14. The molecule has 180 valence electrons. The molecule has 0 aliphatic rings. The number of aromatic nitrogens is 4. The number of fused-ring (bicyclic) bond motifs is 3. The van der Waals surface area contributed by atoms with Crippen LogP contribution in [0.3, 0.4) is 0 Å². The molecule has 2 heterocycles. The number of nitrogens with zero attached hydrogens (tertiary/aromatic N) is 4. The van der Waals surface area contributed by atoms with Crippen LogP contribution in [0.25, 0.3) is 16.7 Å². The lowest BCUT2D eigenvalue weighted by Gasteiger charge is -2.14. The summed E-state index contributed by atoms with van der Waals surface area (Å²) in [6.45, 7) is 7.71. The molecular formula is C24H35N5O4. The Kier molecular flexibility index (Phi) is 8.82. The molecule has 1 aromatic carbocycles. The van der Waals surface area contributed by atoms with Gasteiger partial charge in [0.2, 0.25) is 5.65 Å². The number of anilines is 1. The Morgan fingerprint density at radius 1 is 1.09 bits per heavy atom. The maximum Gasteiger partial charge on any atom is 0.204 e. The molecular weight excluding hydrogens is 422 g/mol. The molecule has 3 aromatic rings. The minimum Gasteiger partial charge on any atom is -0.493 e. The van der Waals surface area contributed by atoms with Crippen LogP contribution in [0.5, 0.6) is 11.5 Å². The van der Waals surface area contributed by atoms with Crippen molar-refractivity contribution in [1.29, 1.82) is 0 Å². The molecule has 2 aromatic heterocycles. The van der Waals surface area contributed by atoms with Crippen molar-refractivity contribution < 1.29 is 19.0 Å². The first kappa shape index (κ1) is 24.7. The normalized spacial score (nSPS) is 11.5. The SMILES string of the molecule is COCCOc1cc2c(cc1OC)nc(NCCCCCC(=O)CC(C)C)c1nnc(C)n12. The van der Waals surface area contributed by atoms with Crippen LogP contribution in [0, 0.1) is 12.8 Å². The fraction of sp³-hybridized carbons (Fsp3) is 0.583. The summed E-state index contributed by atoms with van der Waals surface area (Å²) in [4.78, 5) is 16.7. The van der Waals surface area contributed by atoms with Crippen LogP contribution in [0.2, 0.25) is 0 Å². The smallest absolute Gasteiger partial charge is 0.204 e. The second kappa shape index (κ2) is 11.8. The van der Waals surface area contributed by atoms with Gasteiger partial charge in [0, 0.05) is 38.6 Å². The molecule has 0 fully saturated rings. The number of nitrogens with one attached hydrogen (secondary N) is 1. The molecule has 0 spiro atoms. The first-order chi connectivity index (χ1) is 15.9. The Morgan fingerprint density at radius 2 is 1.91 bits per heavy atom. The molecule has 0 unspecified atom stereocenters. The van der Waals surface area contributed by atoms with Crippen LogP contribution in [0.1, 0.15) is 51.8 Å². The summed E-state index contributed by atoms with van der Waals surface area (Å²) in [6, 6.07) is 3.76. The van der Waals surface area contributed by atoms with E-state index in [0.29, 0.717) is 60.7 Å². The molecule has 0 radical (unpaired) electrons. The van der Waals surface area contributed by atoms with Gasteiger partial charge in [0.15, 0.2) is 17.3 Å². The largest absolute Gasteiger partial charge is 0.493 e. The molecule has 0 aliphatic heterocycles. The van der Waals surface area contributed by atoms with Gasteiger partial charge in [0.05, 0.1) is 24.8 Å². The van der Waals surface area contributed by atoms with Gasteiger partial charge in [-0.3, -0.25) is 9.20 Å². The monoisotopic (exact) mass is 457 g/mol. The summed E-state index contributed by atoms with van der Waals surface area (Å²) in [5.74, 6) is 3.44. The van der Waals surface area contributed by atoms with Gasteiger partial charge >= 0.3 is 0 Å². The number of carbonyl (C=O) groups excluding carboxylic acids is 1. The van der Waals surface area contributed by atoms with Gasteiger partial charge in [-0.1, -0.05) is 20.3 Å². The van der Waals surface area contributed by atoms with Crippen molar-refractivity contribution in [2.24, 2.45) is 5.92 Å². The van der Waals surface area contributed by atoms with Crippen LogP contribution in [0.15, 0.2) is 12.1 Å². The van der Waals surface area contributed by atoms with Gasteiger partial charge in [-0.25, -0.2) is 4.98 Å². The Morgan fingerprint density at radius 3 is 2.64 bits per heavy atom. The highest BCUT2D eigenvalue weighted by Crippen LogP contribution is 2.33. The van der Waals surface area contributed by atoms with E-state index in [-0.39, 0.29) is 0 Å². The minimum atomic E-state index is 0.356. The minimum absolute atomic E-state index is 0.356. The van der Waals surface area contributed by atoms with E-state index < -0.39 is 0 Å². The lowest BCUT2D eigenvalue weighted by Crippen LogP contribution is -2.08. The van der Waals surface area contributed by atoms with Crippen LogP contribution in [-0.2, 0) is 9.53 Å². The zero-order valence-corrected chi connectivity index (χ0v) is 20.3. The van der Waals surface area contributed by atoms with Crippen molar-refractivity contribution in [2.75, 3.05) is 39.3 Å². The fourth-order valence-electron chi connectivity index (χ4n) is 3.80. The Balaban J connectivity index is 1.73. The van der Waals surface area contributed by atoms with Crippen molar-refractivity contribution in [3.8, 4) is 11.5 Å². The summed E-state index contributed by atoms with van der Waals surface area (Å²) in [5.41, 5.74) is 2.26. The molecule has 0 aliphatic carbocycles. The van der Waals surface area contributed by atoms with Crippen LogP contribution in [-0.4, -0.2) is 59.3 Å². The van der Waals surface area contributed by atoms with Crippen molar-refractivity contribution in [1.82, 2.24) is 19.6 Å². The Labute approximate surface area is 194 Å². The zero-order valence-electron chi connectivity index (χ0n) is 20.3. The lowest BCUT2D eigenvalue weighted by molar-refractivity contribution is -0.119. The third-order valence-corrected chi connectivity index (χ3v) is 5.38. The Hall–Kier alpha value is -2.94. The first-order valence-electron chi connectivity index (χ1n) is 11.5. The summed E-state index contributed by atoms with van der Waals surface area (Å²) in [6.07, 6.45) is 4.19. The maximum atomic E-state index is 11.9. The predicted molar refractivity (Wildman–Crippen MR) is 128 cm³/mol. The highest BCUT2D eigenvalue weighted by Gasteiger charge is 2.16. The Bertz CT molecular complexity index is 1080. The van der Waals surface area contributed by atoms with Gasteiger partial charge in [-0.15, -0.1) is 10.2 Å². The van der Waals surface area contributed by atoms with Crippen LogP contribution >= 0.6 is 0 Å². The van der Waals surface area contributed by atoms with Crippen LogP contribution < -0.4 is 14.8 Å². The standard InChI is InChI=1S/C24H35N5O4/c1-16(2)13-18(30)9-7-6-8-10-25-23-24-28-27-17(3)29(24)20-15-22(33-12-11-31-4)21(32-5)14-19(20)26-23/h14-16H,6-13H2,1-5H3,(H,25,26). The van der Waals surface area contributed by atoms with Crippen molar-refractivity contribution >= 4 is 28.3 Å². The number of Topliss-reactive ketones (excluding diaryl/α,β-unsaturated/α-hetero) is 1. The van der Waals surface area contributed by atoms with Gasteiger partial charge < -0.3 is 19.5 Å². The van der Waals surface area contributed by atoms with E-state index in [1.54, 1.807) is 14.2 Å². The topological polar surface area (TPSA) is 99.9 Å². The number of benzene rings is 1. The highest BCUT2D eigenvalue weighted by atomic mass is 16.5. The third-order valence-electron chi connectivity index (χ3n) is 5.38. The summed E-state index contributed by atoms with van der Waals surface area (Å²) < 4.78 is 18.4. The predicted octanol–water partition coefficient (Wildman–Crippen LogP) is 4.21. The van der Waals surface area contributed by atoms with Crippen LogP contribution in [0.4, 0.5) is 5.82 Å². The zero-order chi connectivity index (χ0) is 23.8. The molecule has 0 bridgehead atoms. The fourth-order valence-corrected chi connectivity index (χ4v) is 3.80. The van der Waals surface area contributed by atoms with Crippen molar-refractivity contribution in [3.63, 3.8) is 0 Å². The molecule has 9 heteroatoms. The van der Waals surface area contributed by atoms with E-state index in [9.17, 15) is 4.79 Å². The second-order valence-corrected chi connectivity index (χ2v) is 8.57. The van der Waals surface area contributed by atoms with Gasteiger partial charge in [0.25, 0.3) is 0 Å². The molecule has 0 atom stereocenters. The number of hydrogen-bond acceptors (Lipinski definition) is 8. The molecule has 33 heavy (non-hydrogen) atoms. The van der Waals surface area contributed by atoms with E-state index in [0.717, 1.165) is 42.7 Å². The lowest BCUT2D eigenvalue weighted by atomic mass is 10.0. The van der Waals surface area contributed by atoms with Crippen molar-refractivity contribution in [3.05, 3.63) is 18.0 Å². The van der Waals surface area contributed by atoms with Gasteiger partial charge in [0.1, 0.15) is 18.2 Å². The molecule has 0 saturated heterocycles.